The van der Waals surface area contributed by atoms with E-state index in [-0.39, 0.29) is 10.8 Å². The molecule has 0 radical (unpaired) electrons. The van der Waals surface area contributed by atoms with Gasteiger partial charge in [-0.25, -0.2) is 8.42 Å². The van der Waals surface area contributed by atoms with E-state index in [0.29, 0.717) is 11.3 Å². The molecule has 0 amide bonds. The Hall–Kier alpha value is -1.60. The highest BCUT2D eigenvalue weighted by molar-refractivity contribution is 7.89. The minimum atomic E-state index is -3.84. The number of nitrogens with one attached hydrogen (secondary N) is 1. The third-order valence-corrected chi connectivity index (χ3v) is 4.60. The van der Waals surface area contributed by atoms with Gasteiger partial charge < -0.3 is 10.5 Å². The first-order valence-electron chi connectivity index (χ1n) is 6.16. The monoisotopic (exact) mass is 300 g/mol. The Morgan fingerprint density at radius 2 is 1.95 bits per heavy atom. The van der Waals surface area contributed by atoms with Crippen LogP contribution >= 0.6 is 0 Å². The number of methoxy groups -OCH3 is 1. The molecule has 1 unspecified atom stereocenters. The van der Waals surface area contributed by atoms with Crippen LogP contribution in [0.5, 0.6) is 0 Å². The Balaban J connectivity index is 3.17. The van der Waals surface area contributed by atoms with Crippen molar-refractivity contribution in [3.05, 3.63) is 23.8 Å². The molecule has 112 valence electrons. The molecule has 0 aliphatic heterocycles. The fourth-order valence-corrected chi connectivity index (χ4v) is 3.34. The molecule has 0 aliphatic carbocycles. The molecule has 0 fully saturated rings. The van der Waals surface area contributed by atoms with Gasteiger partial charge in [-0.1, -0.05) is 19.9 Å². The van der Waals surface area contributed by atoms with Crippen LogP contribution in [-0.4, -0.2) is 27.5 Å². The summed E-state index contributed by atoms with van der Waals surface area (Å²) in [6.07, 6.45) is 0. The average molecular weight is 300 g/mol. The van der Waals surface area contributed by atoms with Crippen LogP contribution in [0.1, 0.15) is 19.4 Å². The van der Waals surface area contributed by atoms with Crippen LogP contribution in [0, 0.1) is 12.8 Å². The lowest BCUT2D eigenvalue weighted by atomic mass is 10.1. The van der Waals surface area contributed by atoms with E-state index in [0.717, 1.165) is 0 Å². The minimum absolute atomic E-state index is 0.0621. The van der Waals surface area contributed by atoms with Crippen molar-refractivity contribution in [1.82, 2.24) is 4.72 Å². The molecule has 0 saturated carbocycles. The smallest absolute Gasteiger partial charge is 0.324 e. The van der Waals surface area contributed by atoms with Crippen LogP contribution in [0.3, 0.4) is 0 Å². The minimum Gasteiger partial charge on any atom is -0.468 e. The molecule has 0 saturated heterocycles. The molecule has 1 aromatic carbocycles. The SMILES string of the molecule is COC(=O)C(NS(=O)(=O)c1cccc(N)c1C)C(C)C. The first kappa shape index (κ1) is 16.5. The molecule has 7 heteroatoms. The van der Waals surface area contributed by atoms with Crippen LogP contribution in [0.15, 0.2) is 23.1 Å². The van der Waals surface area contributed by atoms with E-state index >= 15 is 0 Å². The topological polar surface area (TPSA) is 98.5 Å². The molecule has 1 rings (SSSR count). The van der Waals surface area contributed by atoms with Gasteiger partial charge in [-0.15, -0.1) is 0 Å². The molecule has 20 heavy (non-hydrogen) atoms. The number of nitrogen functional groups attached to an aromatic ring is 1. The summed E-state index contributed by atoms with van der Waals surface area (Å²) in [5, 5.41) is 0. The number of hydrogen-bond acceptors (Lipinski definition) is 5. The predicted molar refractivity (Wildman–Crippen MR) is 76.6 cm³/mol. The van der Waals surface area contributed by atoms with Crippen LogP contribution in [0.25, 0.3) is 0 Å². The summed E-state index contributed by atoms with van der Waals surface area (Å²) in [5.74, 6) is -0.858. The number of ether oxygens (including phenoxy) is 1. The number of sulfonamides is 1. The Morgan fingerprint density at radius 3 is 2.45 bits per heavy atom. The van der Waals surface area contributed by atoms with Gasteiger partial charge >= 0.3 is 5.97 Å². The summed E-state index contributed by atoms with van der Waals surface area (Å²) >= 11 is 0. The number of anilines is 1. The number of esters is 1. The quantitative estimate of drug-likeness (QED) is 0.625. The molecule has 3 N–H and O–H groups in total. The fraction of sp³-hybridized carbons (Fsp3) is 0.462. The van der Waals surface area contributed by atoms with Gasteiger partial charge in [0.1, 0.15) is 6.04 Å². The molecular formula is C13H20N2O4S. The lowest BCUT2D eigenvalue weighted by Crippen LogP contribution is -2.45. The van der Waals surface area contributed by atoms with Gasteiger partial charge in [0.25, 0.3) is 0 Å². The lowest BCUT2D eigenvalue weighted by Gasteiger charge is -2.20. The highest BCUT2D eigenvalue weighted by Gasteiger charge is 2.29. The van der Waals surface area contributed by atoms with Crippen molar-refractivity contribution in [2.75, 3.05) is 12.8 Å². The second kappa shape index (κ2) is 6.23. The lowest BCUT2D eigenvalue weighted by molar-refractivity contribution is -0.143. The number of rotatable bonds is 5. The van der Waals surface area contributed by atoms with Crippen molar-refractivity contribution in [3.63, 3.8) is 0 Å². The summed E-state index contributed by atoms with van der Waals surface area (Å²) in [6.45, 7) is 5.08. The highest BCUT2D eigenvalue weighted by atomic mass is 32.2. The molecule has 1 aromatic rings. The first-order valence-corrected chi connectivity index (χ1v) is 7.64. The van der Waals surface area contributed by atoms with Crippen LogP contribution in [0.2, 0.25) is 0 Å². The Kier molecular flexibility index (Phi) is 5.13. The van der Waals surface area contributed by atoms with E-state index in [2.05, 4.69) is 9.46 Å². The standard InChI is InChI=1S/C13H20N2O4S/c1-8(2)12(13(16)19-4)15-20(17,18)11-7-5-6-10(14)9(11)3/h5-8,12,15H,14H2,1-4H3. The molecule has 6 nitrogen and oxygen atoms in total. The van der Waals surface area contributed by atoms with Crippen LogP contribution in [0.4, 0.5) is 5.69 Å². The molecule has 0 aliphatic rings. The van der Waals surface area contributed by atoms with Crippen molar-refractivity contribution in [3.8, 4) is 0 Å². The van der Waals surface area contributed by atoms with Gasteiger partial charge in [0.2, 0.25) is 10.0 Å². The maximum Gasteiger partial charge on any atom is 0.324 e. The average Bonchev–Trinajstić information content (AvgIpc) is 2.37. The summed E-state index contributed by atoms with van der Waals surface area (Å²) in [4.78, 5) is 11.7. The van der Waals surface area contributed by atoms with E-state index in [1.165, 1.54) is 13.2 Å². The maximum atomic E-state index is 12.4. The Bertz CT molecular complexity index is 596. The summed E-state index contributed by atoms with van der Waals surface area (Å²) in [6, 6.07) is 3.68. The van der Waals surface area contributed by atoms with Gasteiger partial charge in [-0.2, -0.15) is 4.72 Å². The van der Waals surface area contributed by atoms with E-state index in [1.807, 2.05) is 0 Å². The van der Waals surface area contributed by atoms with Gasteiger partial charge in [-0.05, 0) is 30.5 Å². The molecular weight excluding hydrogens is 280 g/mol. The van der Waals surface area contributed by atoms with Crippen molar-refractivity contribution in [2.45, 2.75) is 31.7 Å². The number of nitrogens with two attached hydrogens (primary N) is 1. The predicted octanol–water partition coefficient (Wildman–Crippen LogP) is 1.05. The van der Waals surface area contributed by atoms with Gasteiger partial charge in [0.15, 0.2) is 0 Å². The fourth-order valence-electron chi connectivity index (χ4n) is 1.74. The van der Waals surface area contributed by atoms with Gasteiger partial charge in [-0.3, -0.25) is 4.79 Å². The Morgan fingerprint density at radius 1 is 1.35 bits per heavy atom. The summed E-state index contributed by atoms with van der Waals surface area (Å²) in [7, 11) is -2.62. The van der Waals surface area contributed by atoms with Crippen molar-refractivity contribution < 1.29 is 17.9 Å². The number of carbonyl (C=O) groups is 1. The zero-order valence-electron chi connectivity index (χ0n) is 12.0. The van der Waals surface area contributed by atoms with Crippen molar-refractivity contribution >= 4 is 21.7 Å². The molecule has 1 atom stereocenters. The zero-order valence-corrected chi connectivity index (χ0v) is 12.8. The van der Waals surface area contributed by atoms with Crippen LogP contribution in [-0.2, 0) is 19.6 Å². The van der Waals surface area contributed by atoms with E-state index in [4.69, 9.17) is 5.73 Å². The molecule has 0 aromatic heterocycles. The van der Waals surface area contributed by atoms with Crippen LogP contribution < -0.4 is 10.5 Å². The second-order valence-corrected chi connectivity index (χ2v) is 6.52. The summed E-state index contributed by atoms with van der Waals surface area (Å²) < 4.78 is 31.7. The molecule has 0 spiro atoms. The Labute approximate surface area is 119 Å². The third kappa shape index (κ3) is 3.49. The number of carbonyl (C=O) groups excluding carboxylic acids is 1. The largest absolute Gasteiger partial charge is 0.468 e. The highest BCUT2D eigenvalue weighted by Crippen LogP contribution is 2.21. The van der Waals surface area contributed by atoms with E-state index < -0.39 is 22.0 Å². The first-order chi connectivity index (χ1) is 9.20. The zero-order chi connectivity index (χ0) is 15.5. The number of hydrogen-bond donors (Lipinski definition) is 2. The second-order valence-electron chi connectivity index (χ2n) is 4.84. The third-order valence-electron chi connectivity index (χ3n) is 3.02. The van der Waals surface area contributed by atoms with E-state index in [1.54, 1.807) is 32.9 Å². The van der Waals surface area contributed by atoms with Crippen molar-refractivity contribution in [1.29, 1.82) is 0 Å². The van der Waals surface area contributed by atoms with Crippen molar-refractivity contribution in [2.24, 2.45) is 5.92 Å². The van der Waals surface area contributed by atoms with E-state index in [9.17, 15) is 13.2 Å². The normalized spacial score (nSPS) is 13.2. The van der Waals surface area contributed by atoms with Gasteiger partial charge in [0, 0.05) is 5.69 Å². The summed E-state index contributed by atoms with van der Waals surface area (Å²) in [5.41, 5.74) is 6.54. The molecule has 0 heterocycles. The maximum absolute atomic E-state index is 12.4. The number of benzene rings is 1. The van der Waals surface area contributed by atoms with Gasteiger partial charge in [0.05, 0.1) is 12.0 Å². The molecule has 0 bridgehead atoms.